The molecule has 10 nitrogen and oxygen atoms in total. The van der Waals surface area contributed by atoms with Crippen molar-refractivity contribution in [2.75, 3.05) is 43.4 Å². The molecule has 0 fully saturated rings. The molecule has 1 aliphatic heterocycles. The normalized spacial score (nSPS) is 13.1. The molecule has 0 saturated carbocycles. The molecule has 4 aromatic rings. The van der Waals surface area contributed by atoms with Gasteiger partial charge in [0.05, 0.1) is 0 Å². The van der Waals surface area contributed by atoms with Gasteiger partial charge in [0.25, 0.3) is 0 Å². The van der Waals surface area contributed by atoms with E-state index in [9.17, 15) is 18.7 Å². The van der Waals surface area contributed by atoms with Crippen LogP contribution in [0.4, 0.5) is 20.4 Å². The zero-order valence-electron chi connectivity index (χ0n) is 25.9. The lowest BCUT2D eigenvalue weighted by atomic mass is 10.1. The van der Waals surface area contributed by atoms with Crippen LogP contribution in [0.2, 0.25) is 0 Å². The minimum Gasteiger partial charge on any atom is -0.492 e. The lowest BCUT2D eigenvalue weighted by Crippen LogP contribution is -2.37. The highest BCUT2D eigenvalue weighted by Gasteiger charge is 2.20. The van der Waals surface area contributed by atoms with Gasteiger partial charge in [-0.25, -0.2) is 28.5 Å². The van der Waals surface area contributed by atoms with E-state index in [1.54, 1.807) is 30.6 Å². The fraction of sp³-hybridized carbons (Fsp3) is 0.382. The monoisotopic (exact) mass is 631 g/mol. The third-order valence-corrected chi connectivity index (χ3v) is 7.77. The van der Waals surface area contributed by atoms with Crippen molar-refractivity contribution in [1.82, 2.24) is 24.8 Å². The first-order valence-corrected chi connectivity index (χ1v) is 15.6. The zero-order valence-corrected chi connectivity index (χ0v) is 25.9. The Morgan fingerprint density at radius 1 is 1.02 bits per heavy atom. The van der Waals surface area contributed by atoms with Crippen LogP contribution in [0.25, 0.3) is 11.4 Å². The highest BCUT2D eigenvalue weighted by Crippen LogP contribution is 2.21. The lowest BCUT2D eigenvalue weighted by molar-refractivity contribution is -0.138. The number of anilines is 2. The van der Waals surface area contributed by atoms with Crippen molar-refractivity contribution in [1.29, 1.82) is 0 Å². The van der Waals surface area contributed by atoms with Crippen LogP contribution in [-0.4, -0.2) is 74.7 Å². The van der Waals surface area contributed by atoms with Gasteiger partial charge in [0, 0.05) is 73.2 Å². The summed E-state index contributed by atoms with van der Waals surface area (Å²) in [6, 6.07) is 11.7. The number of aliphatic carboxylic acids is 1. The highest BCUT2D eigenvalue weighted by atomic mass is 19.1. The Hall–Kier alpha value is -4.71. The Labute approximate surface area is 267 Å². The third kappa shape index (κ3) is 9.64. The van der Waals surface area contributed by atoms with Gasteiger partial charge in [-0.05, 0) is 75.8 Å². The van der Waals surface area contributed by atoms with Crippen LogP contribution in [0, 0.1) is 18.6 Å². The van der Waals surface area contributed by atoms with E-state index in [2.05, 4.69) is 42.6 Å². The van der Waals surface area contributed by atoms with Crippen molar-refractivity contribution in [3.63, 3.8) is 0 Å². The van der Waals surface area contributed by atoms with Gasteiger partial charge in [0.1, 0.15) is 41.7 Å². The van der Waals surface area contributed by atoms with Crippen molar-refractivity contribution < 1.29 is 23.4 Å². The third-order valence-electron chi connectivity index (χ3n) is 7.77. The molecule has 1 atom stereocenters. The molecule has 0 amide bonds. The quantitative estimate of drug-likeness (QED) is 0.136. The van der Waals surface area contributed by atoms with Crippen molar-refractivity contribution in [2.45, 2.75) is 51.5 Å². The number of carbonyl (C=O) groups is 1. The van der Waals surface area contributed by atoms with Gasteiger partial charge < -0.3 is 20.5 Å². The van der Waals surface area contributed by atoms with Crippen LogP contribution in [0.15, 0.2) is 60.9 Å². The summed E-state index contributed by atoms with van der Waals surface area (Å²) >= 11 is 0. The molecule has 1 unspecified atom stereocenters. The Kier molecular flexibility index (Phi) is 11.4. The van der Waals surface area contributed by atoms with E-state index >= 15 is 0 Å². The molecule has 0 bridgehead atoms. The number of nitrogens with one attached hydrogen (secondary N) is 2. The maximum atomic E-state index is 13.6. The summed E-state index contributed by atoms with van der Waals surface area (Å²) in [7, 11) is 0. The van der Waals surface area contributed by atoms with Crippen LogP contribution in [0.5, 0.6) is 5.75 Å². The molecule has 4 heterocycles. The number of carboxylic acid groups (broad SMARTS) is 1. The summed E-state index contributed by atoms with van der Waals surface area (Å²) in [6.45, 7) is 4.55. The number of halogens is 2. The largest absolute Gasteiger partial charge is 0.492 e. The van der Waals surface area contributed by atoms with Gasteiger partial charge in [-0.1, -0.05) is 6.07 Å². The van der Waals surface area contributed by atoms with E-state index in [0.29, 0.717) is 37.0 Å². The fourth-order valence-electron chi connectivity index (χ4n) is 5.41. The molecule has 46 heavy (non-hydrogen) atoms. The van der Waals surface area contributed by atoms with E-state index in [-0.39, 0.29) is 18.8 Å². The van der Waals surface area contributed by atoms with Crippen LogP contribution < -0.4 is 15.4 Å². The number of hydrogen-bond acceptors (Lipinski definition) is 9. The van der Waals surface area contributed by atoms with Gasteiger partial charge >= 0.3 is 5.97 Å². The highest BCUT2D eigenvalue weighted by molar-refractivity contribution is 5.77. The second-order valence-corrected chi connectivity index (χ2v) is 11.4. The van der Waals surface area contributed by atoms with Gasteiger partial charge in [0.2, 0.25) is 0 Å². The lowest BCUT2D eigenvalue weighted by Gasteiger charge is -2.25. The average Bonchev–Trinajstić information content (AvgIpc) is 3.04. The van der Waals surface area contributed by atoms with E-state index in [4.69, 9.17) is 9.72 Å². The second-order valence-electron chi connectivity index (χ2n) is 11.4. The van der Waals surface area contributed by atoms with E-state index in [0.717, 1.165) is 73.9 Å². The van der Waals surface area contributed by atoms with Crippen LogP contribution in [-0.2, 0) is 17.6 Å². The molecule has 0 radical (unpaired) electrons. The number of pyridine rings is 2. The summed E-state index contributed by atoms with van der Waals surface area (Å²) in [5, 5.41) is 16.5. The van der Waals surface area contributed by atoms with Gasteiger partial charge in [-0.3, -0.25) is 9.88 Å². The molecule has 242 valence electrons. The Balaban J connectivity index is 1.20. The number of aromatic nitrogens is 4. The van der Waals surface area contributed by atoms with Gasteiger partial charge in [-0.15, -0.1) is 0 Å². The maximum Gasteiger partial charge on any atom is 0.326 e. The number of hydrogen-bond donors (Lipinski definition) is 3. The summed E-state index contributed by atoms with van der Waals surface area (Å²) in [4.78, 5) is 32.3. The molecular weight excluding hydrogens is 592 g/mol. The summed E-state index contributed by atoms with van der Waals surface area (Å²) in [5.41, 5.74) is 3.77. The minimum absolute atomic E-state index is 0.110. The van der Waals surface area contributed by atoms with Crippen molar-refractivity contribution >= 4 is 17.6 Å². The summed E-state index contributed by atoms with van der Waals surface area (Å²) in [5.74, 6) is -0.428. The first kappa shape index (κ1) is 32.7. The fourth-order valence-corrected chi connectivity index (χ4v) is 5.41. The number of nitrogens with zero attached hydrogens (tertiary/aromatic N) is 5. The molecule has 3 aromatic heterocycles. The molecule has 5 rings (SSSR count). The molecule has 0 spiro atoms. The van der Waals surface area contributed by atoms with Crippen LogP contribution in [0.3, 0.4) is 0 Å². The van der Waals surface area contributed by atoms with E-state index in [1.807, 2.05) is 6.92 Å². The molecule has 12 heteroatoms. The van der Waals surface area contributed by atoms with E-state index in [1.165, 1.54) is 5.56 Å². The molecule has 0 saturated heterocycles. The molecule has 1 aliphatic rings. The average molecular weight is 632 g/mol. The zero-order chi connectivity index (χ0) is 32.3. The standard InChI is InChI=1S/C34H39F2N7O3/c1-23-19-31(42-33(39-23)25-9-13-37-14-10-25)41-30(34(44)45)11-16-43(17-18-46-29-21-26(35)20-27(36)22-29)15-3-2-6-28-8-7-24-5-4-12-38-32(24)40-28/h7-10,13-14,19-22,30H,2-6,11-12,15-18H2,1H3,(H,38,40)(H,44,45)(H,39,41,42). The first-order valence-electron chi connectivity index (χ1n) is 15.6. The maximum absolute atomic E-state index is 13.6. The number of unbranched alkanes of at least 4 members (excludes halogenated alkanes) is 1. The van der Waals surface area contributed by atoms with Crippen LogP contribution >= 0.6 is 0 Å². The minimum atomic E-state index is -1.000. The smallest absolute Gasteiger partial charge is 0.326 e. The first-order chi connectivity index (χ1) is 22.3. The number of benzene rings is 1. The number of carboxylic acids is 1. The predicted octanol–water partition coefficient (Wildman–Crippen LogP) is 5.54. The second kappa shape index (κ2) is 16.0. The topological polar surface area (TPSA) is 125 Å². The number of rotatable bonds is 16. The van der Waals surface area contributed by atoms with Gasteiger partial charge in [-0.2, -0.15) is 0 Å². The number of fused-ring (bicyclic) bond motifs is 1. The summed E-state index contributed by atoms with van der Waals surface area (Å²) < 4.78 is 33.0. The number of ether oxygens (including phenoxy) is 1. The Morgan fingerprint density at radius 3 is 2.61 bits per heavy atom. The molecule has 3 N–H and O–H groups in total. The molecule has 0 aliphatic carbocycles. The van der Waals surface area contributed by atoms with Crippen molar-refractivity contribution in [2.24, 2.45) is 0 Å². The SMILES string of the molecule is Cc1cc(NC(CCN(CCCCc2ccc3c(n2)NCCC3)CCOc2cc(F)cc(F)c2)C(=O)O)nc(-c2ccncc2)n1. The van der Waals surface area contributed by atoms with Crippen molar-refractivity contribution in [3.8, 4) is 17.1 Å². The number of aryl methyl sites for hydroxylation is 3. The predicted molar refractivity (Wildman–Crippen MR) is 172 cm³/mol. The van der Waals surface area contributed by atoms with Crippen molar-refractivity contribution in [3.05, 3.63) is 89.5 Å². The Bertz CT molecular complexity index is 1590. The summed E-state index contributed by atoms with van der Waals surface area (Å²) in [6.07, 6.45) is 8.33. The van der Waals surface area contributed by atoms with E-state index < -0.39 is 23.6 Å². The van der Waals surface area contributed by atoms with Gasteiger partial charge in [0.15, 0.2) is 5.82 Å². The molecular formula is C34H39F2N7O3. The van der Waals surface area contributed by atoms with Crippen LogP contribution in [0.1, 0.15) is 42.6 Å². The Morgan fingerprint density at radius 2 is 1.83 bits per heavy atom. The molecule has 1 aromatic carbocycles.